The van der Waals surface area contributed by atoms with E-state index < -0.39 is 0 Å². The van der Waals surface area contributed by atoms with Gasteiger partial charge in [-0.25, -0.2) is 4.39 Å². The Labute approximate surface area is 100 Å². The first-order valence-corrected chi connectivity index (χ1v) is 6.03. The van der Waals surface area contributed by atoms with Gasteiger partial charge in [0.15, 0.2) is 0 Å². The second-order valence-corrected chi connectivity index (χ2v) is 4.71. The molecule has 1 aliphatic heterocycles. The number of halogens is 1. The van der Waals surface area contributed by atoms with Crippen molar-refractivity contribution in [2.24, 2.45) is 4.99 Å². The van der Waals surface area contributed by atoms with E-state index in [1.54, 1.807) is 12.4 Å². The third-order valence-electron chi connectivity index (χ3n) is 3.42. The highest BCUT2D eigenvalue weighted by Crippen LogP contribution is 2.27. The van der Waals surface area contributed by atoms with Crippen LogP contribution in [-0.2, 0) is 6.42 Å². The molecule has 1 heterocycles. The average Bonchev–Trinajstić information content (AvgIpc) is 2.82. The molecule has 1 N–H and O–H groups in total. The van der Waals surface area contributed by atoms with Crippen molar-refractivity contribution in [1.82, 2.24) is 5.32 Å². The molecule has 0 aromatic heterocycles. The first-order chi connectivity index (χ1) is 8.31. The normalized spacial score (nSPS) is 21.9. The minimum Gasteiger partial charge on any atom is -0.372 e. The van der Waals surface area contributed by atoms with Gasteiger partial charge in [0.2, 0.25) is 0 Å². The van der Waals surface area contributed by atoms with Crippen molar-refractivity contribution in [3.63, 3.8) is 0 Å². The highest BCUT2D eigenvalue weighted by molar-refractivity contribution is 5.61. The minimum atomic E-state index is -0.133. The molecule has 0 bridgehead atoms. The number of nitrogens with one attached hydrogen (secondary N) is 1. The van der Waals surface area contributed by atoms with Crippen LogP contribution < -0.4 is 5.32 Å². The number of rotatable bonds is 2. The molecule has 0 radical (unpaired) electrons. The van der Waals surface area contributed by atoms with Crippen LogP contribution in [0.2, 0.25) is 0 Å². The van der Waals surface area contributed by atoms with Crippen LogP contribution in [0.25, 0.3) is 6.08 Å². The molecule has 0 fully saturated rings. The Morgan fingerprint density at radius 1 is 1.35 bits per heavy atom. The van der Waals surface area contributed by atoms with Crippen LogP contribution in [0.3, 0.4) is 0 Å². The largest absolute Gasteiger partial charge is 0.372 e. The summed E-state index contributed by atoms with van der Waals surface area (Å²) >= 11 is 0. The maximum absolute atomic E-state index is 13.1. The van der Waals surface area contributed by atoms with E-state index >= 15 is 0 Å². The molecule has 88 valence electrons. The topological polar surface area (TPSA) is 24.4 Å². The summed E-state index contributed by atoms with van der Waals surface area (Å²) in [7, 11) is 0. The molecule has 0 saturated carbocycles. The van der Waals surface area contributed by atoms with Crippen molar-refractivity contribution in [2.75, 3.05) is 6.54 Å². The number of aryl methyl sites for hydroxylation is 1. The molecule has 1 atom stereocenters. The predicted molar refractivity (Wildman–Crippen MR) is 67.6 cm³/mol. The highest BCUT2D eigenvalue weighted by atomic mass is 19.1. The van der Waals surface area contributed by atoms with Crippen LogP contribution in [-0.4, -0.2) is 18.9 Å². The van der Waals surface area contributed by atoms with Gasteiger partial charge in [-0.05, 0) is 42.5 Å². The van der Waals surface area contributed by atoms with Crippen molar-refractivity contribution in [3.8, 4) is 0 Å². The maximum atomic E-state index is 13.1. The third-order valence-corrected chi connectivity index (χ3v) is 3.42. The Bertz CT molecular complexity index is 483. The van der Waals surface area contributed by atoms with Crippen molar-refractivity contribution in [2.45, 2.75) is 25.3 Å². The number of aliphatic imine (C=N–C) groups is 1. The van der Waals surface area contributed by atoms with Gasteiger partial charge < -0.3 is 5.32 Å². The average molecular weight is 230 g/mol. The molecule has 17 heavy (non-hydrogen) atoms. The van der Waals surface area contributed by atoms with E-state index in [4.69, 9.17) is 0 Å². The monoisotopic (exact) mass is 230 g/mol. The highest BCUT2D eigenvalue weighted by Gasteiger charge is 2.16. The Morgan fingerprint density at radius 3 is 3.12 bits per heavy atom. The first-order valence-electron chi connectivity index (χ1n) is 6.03. The molecule has 0 saturated heterocycles. The molecule has 0 spiro atoms. The van der Waals surface area contributed by atoms with Gasteiger partial charge in [0.1, 0.15) is 5.82 Å². The minimum absolute atomic E-state index is 0.133. The molecule has 2 aliphatic rings. The summed E-state index contributed by atoms with van der Waals surface area (Å²) in [6.45, 7) is 0.869. The predicted octanol–water partition coefficient (Wildman–Crippen LogP) is 2.55. The summed E-state index contributed by atoms with van der Waals surface area (Å²) in [6.07, 6.45) is 7.02. The summed E-state index contributed by atoms with van der Waals surface area (Å²) in [4.78, 5) is 4.17. The molecule has 1 aromatic carbocycles. The second kappa shape index (κ2) is 4.32. The molecular weight excluding hydrogens is 215 g/mol. The Hall–Kier alpha value is -1.64. The lowest BCUT2D eigenvalue weighted by atomic mass is 9.89. The summed E-state index contributed by atoms with van der Waals surface area (Å²) in [5.74, 6) is -0.133. The first kappa shape index (κ1) is 10.5. The Kier molecular flexibility index (Phi) is 2.67. The van der Waals surface area contributed by atoms with E-state index in [0.717, 1.165) is 31.4 Å². The SMILES string of the molecule is Fc1ccc2c(c1)CCC(CC1CN=CN1)=C2. The number of benzene rings is 1. The molecule has 3 heteroatoms. The van der Waals surface area contributed by atoms with Crippen molar-refractivity contribution < 1.29 is 4.39 Å². The van der Waals surface area contributed by atoms with Crippen molar-refractivity contribution in [1.29, 1.82) is 0 Å². The van der Waals surface area contributed by atoms with Gasteiger partial charge in [-0.3, -0.25) is 4.99 Å². The van der Waals surface area contributed by atoms with E-state index in [1.807, 2.05) is 6.07 Å². The lowest BCUT2D eigenvalue weighted by Crippen LogP contribution is -2.25. The van der Waals surface area contributed by atoms with E-state index in [-0.39, 0.29) is 5.82 Å². The number of nitrogens with zero attached hydrogens (tertiary/aromatic N) is 1. The summed E-state index contributed by atoms with van der Waals surface area (Å²) < 4.78 is 13.1. The van der Waals surface area contributed by atoms with Crippen molar-refractivity contribution in [3.05, 3.63) is 40.7 Å². The quantitative estimate of drug-likeness (QED) is 0.829. The van der Waals surface area contributed by atoms with Gasteiger partial charge in [-0.15, -0.1) is 0 Å². The molecule has 1 aromatic rings. The molecule has 3 rings (SSSR count). The maximum Gasteiger partial charge on any atom is 0.123 e. The van der Waals surface area contributed by atoms with E-state index in [1.165, 1.54) is 17.2 Å². The number of hydrogen-bond donors (Lipinski definition) is 1. The van der Waals surface area contributed by atoms with Gasteiger partial charge in [0.05, 0.1) is 18.9 Å². The van der Waals surface area contributed by atoms with Crippen LogP contribution in [0.15, 0.2) is 28.8 Å². The second-order valence-electron chi connectivity index (χ2n) is 4.71. The smallest absolute Gasteiger partial charge is 0.123 e. The molecule has 0 amide bonds. The van der Waals surface area contributed by atoms with Crippen LogP contribution in [0.1, 0.15) is 24.0 Å². The zero-order chi connectivity index (χ0) is 11.7. The van der Waals surface area contributed by atoms with E-state index in [2.05, 4.69) is 16.4 Å². The summed E-state index contributed by atoms with van der Waals surface area (Å²) in [6, 6.07) is 5.51. The molecule has 1 aliphatic carbocycles. The zero-order valence-electron chi connectivity index (χ0n) is 9.62. The zero-order valence-corrected chi connectivity index (χ0v) is 9.62. The molecular formula is C14H15FN2. The fourth-order valence-corrected chi connectivity index (χ4v) is 2.51. The van der Waals surface area contributed by atoms with Crippen molar-refractivity contribution >= 4 is 12.4 Å². The standard InChI is InChI=1S/C14H15FN2/c15-13-4-3-11-5-10(1-2-12(11)7-13)6-14-8-16-9-17-14/h3-5,7,9,14H,1-2,6,8H2,(H,16,17). The fourth-order valence-electron chi connectivity index (χ4n) is 2.51. The van der Waals surface area contributed by atoms with Gasteiger partial charge in [0.25, 0.3) is 0 Å². The summed E-state index contributed by atoms with van der Waals surface area (Å²) in [5, 5.41) is 3.24. The van der Waals surface area contributed by atoms with E-state index in [9.17, 15) is 4.39 Å². The Balaban J connectivity index is 1.77. The van der Waals surface area contributed by atoms with Gasteiger partial charge in [-0.1, -0.05) is 17.7 Å². The lowest BCUT2D eigenvalue weighted by Gasteiger charge is -2.19. The molecule has 2 nitrogen and oxygen atoms in total. The van der Waals surface area contributed by atoms with Crippen LogP contribution in [0.5, 0.6) is 0 Å². The van der Waals surface area contributed by atoms with Gasteiger partial charge in [0, 0.05) is 0 Å². The Morgan fingerprint density at radius 2 is 2.29 bits per heavy atom. The van der Waals surface area contributed by atoms with E-state index in [0.29, 0.717) is 6.04 Å². The van der Waals surface area contributed by atoms with Gasteiger partial charge >= 0.3 is 0 Å². The lowest BCUT2D eigenvalue weighted by molar-refractivity contribution is 0.620. The van der Waals surface area contributed by atoms with Crippen LogP contribution in [0.4, 0.5) is 4.39 Å². The third kappa shape index (κ3) is 2.23. The van der Waals surface area contributed by atoms with Crippen LogP contribution in [0, 0.1) is 5.82 Å². The number of fused-ring (bicyclic) bond motifs is 1. The van der Waals surface area contributed by atoms with Gasteiger partial charge in [-0.2, -0.15) is 0 Å². The molecule has 1 unspecified atom stereocenters. The fraction of sp³-hybridized carbons (Fsp3) is 0.357. The number of hydrogen-bond acceptors (Lipinski definition) is 2. The van der Waals surface area contributed by atoms with Crippen LogP contribution >= 0.6 is 0 Å². The summed E-state index contributed by atoms with van der Waals surface area (Å²) in [5.41, 5.74) is 3.74.